The van der Waals surface area contributed by atoms with E-state index >= 15 is 0 Å². The lowest BCUT2D eigenvalue weighted by Crippen LogP contribution is -2.30. The molecule has 0 N–H and O–H groups in total. The Labute approximate surface area is 404 Å². The number of unbranched alkanes of at least 4 members (excludes halogenated alkanes) is 35. The highest BCUT2D eigenvalue weighted by Crippen LogP contribution is 2.16. The highest BCUT2D eigenvalue weighted by molar-refractivity contribution is 5.71. The van der Waals surface area contributed by atoms with E-state index in [1.165, 1.54) is 173 Å². The third-order valence-electron chi connectivity index (χ3n) is 12.6. The number of allylic oxidation sites excluding steroid dienone is 6. The standard InChI is InChI=1S/C59H108O6/c1-4-7-10-13-16-19-22-24-26-28-29-30-31-33-34-37-40-43-46-49-52-58(61)64-55-56(54-63-57(60)51-48-45-42-39-36-21-18-15-12-9-6-3)65-59(62)53-50-47-44-41-38-35-32-27-25-23-20-17-14-11-8-5-2/h15,18,20,23,27,32,56H,4-14,16-17,19,21-22,24-26,28-31,33-55H2,1-3H3/b18-15-,23-20-,32-27-. The van der Waals surface area contributed by atoms with E-state index in [9.17, 15) is 14.4 Å². The van der Waals surface area contributed by atoms with Crippen molar-refractivity contribution in [2.24, 2.45) is 0 Å². The summed E-state index contributed by atoms with van der Waals surface area (Å²) >= 11 is 0. The van der Waals surface area contributed by atoms with E-state index in [-0.39, 0.29) is 31.1 Å². The van der Waals surface area contributed by atoms with Crippen LogP contribution in [0.15, 0.2) is 36.5 Å². The number of ether oxygens (including phenoxy) is 3. The lowest BCUT2D eigenvalue weighted by molar-refractivity contribution is -0.167. The molecule has 0 saturated heterocycles. The molecule has 0 rings (SSSR count). The molecular weight excluding hydrogens is 805 g/mol. The van der Waals surface area contributed by atoms with Gasteiger partial charge < -0.3 is 14.2 Å². The predicted molar refractivity (Wildman–Crippen MR) is 279 cm³/mol. The van der Waals surface area contributed by atoms with Crippen LogP contribution in [0, 0.1) is 0 Å². The predicted octanol–water partition coefficient (Wildman–Crippen LogP) is 18.9. The molecule has 0 spiro atoms. The number of hydrogen-bond acceptors (Lipinski definition) is 6. The Kier molecular flexibility index (Phi) is 52.3. The van der Waals surface area contributed by atoms with Crippen LogP contribution in [-0.4, -0.2) is 37.2 Å². The van der Waals surface area contributed by atoms with Crippen LogP contribution in [0.5, 0.6) is 0 Å². The zero-order valence-electron chi connectivity index (χ0n) is 43.5. The Balaban J connectivity index is 4.30. The van der Waals surface area contributed by atoms with E-state index < -0.39 is 6.10 Å². The van der Waals surface area contributed by atoms with E-state index in [4.69, 9.17) is 14.2 Å². The molecule has 0 aromatic carbocycles. The Hall–Kier alpha value is -2.37. The molecule has 0 bridgehead atoms. The van der Waals surface area contributed by atoms with Crippen molar-refractivity contribution in [1.82, 2.24) is 0 Å². The van der Waals surface area contributed by atoms with Crippen LogP contribution < -0.4 is 0 Å². The molecule has 0 aliphatic rings. The zero-order valence-corrected chi connectivity index (χ0v) is 43.5. The summed E-state index contributed by atoms with van der Waals surface area (Å²) < 4.78 is 16.8. The maximum absolute atomic E-state index is 12.8. The van der Waals surface area contributed by atoms with Crippen LogP contribution in [0.2, 0.25) is 0 Å². The maximum Gasteiger partial charge on any atom is 0.306 e. The fraction of sp³-hybridized carbons (Fsp3) is 0.847. The summed E-state index contributed by atoms with van der Waals surface area (Å²) in [6.45, 7) is 6.60. The normalized spacial score (nSPS) is 12.2. The minimum atomic E-state index is -0.779. The van der Waals surface area contributed by atoms with Gasteiger partial charge in [0, 0.05) is 19.3 Å². The molecule has 0 amide bonds. The smallest absolute Gasteiger partial charge is 0.306 e. The van der Waals surface area contributed by atoms with Gasteiger partial charge in [-0.3, -0.25) is 14.4 Å². The van der Waals surface area contributed by atoms with Gasteiger partial charge in [0.25, 0.3) is 0 Å². The molecule has 6 nitrogen and oxygen atoms in total. The lowest BCUT2D eigenvalue weighted by Gasteiger charge is -2.18. The fourth-order valence-electron chi connectivity index (χ4n) is 8.28. The fourth-order valence-corrected chi connectivity index (χ4v) is 8.28. The van der Waals surface area contributed by atoms with Gasteiger partial charge in [-0.05, 0) is 70.6 Å². The molecule has 1 unspecified atom stereocenters. The van der Waals surface area contributed by atoms with Crippen molar-refractivity contribution in [1.29, 1.82) is 0 Å². The van der Waals surface area contributed by atoms with Crippen LogP contribution >= 0.6 is 0 Å². The van der Waals surface area contributed by atoms with E-state index in [0.717, 1.165) is 89.9 Å². The van der Waals surface area contributed by atoms with Gasteiger partial charge in [-0.15, -0.1) is 0 Å². The molecule has 6 heteroatoms. The molecule has 0 heterocycles. The van der Waals surface area contributed by atoms with Crippen LogP contribution in [0.1, 0.15) is 303 Å². The van der Waals surface area contributed by atoms with Crippen LogP contribution in [0.4, 0.5) is 0 Å². The van der Waals surface area contributed by atoms with E-state index in [1.54, 1.807) is 0 Å². The van der Waals surface area contributed by atoms with Gasteiger partial charge in [0.05, 0.1) is 0 Å². The highest BCUT2D eigenvalue weighted by Gasteiger charge is 2.19. The second kappa shape index (κ2) is 54.2. The molecule has 0 saturated carbocycles. The summed E-state index contributed by atoms with van der Waals surface area (Å²) in [6.07, 6.45) is 64.2. The van der Waals surface area contributed by atoms with E-state index in [2.05, 4.69) is 57.2 Å². The third-order valence-corrected chi connectivity index (χ3v) is 12.6. The molecule has 0 fully saturated rings. The Morgan fingerprint density at radius 2 is 0.569 bits per heavy atom. The lowest BCUT2D eigenvalue weighted by atomic mass is 10.0. The Bertz CT molecular complexity index is 1090. The average molecular weight is 914 g/mol. The Morgan fingerprint density at radius 3 is 0.923 bits per heavy atom. The number of carbonyl (C=O) groups excluding carboxylic acids is 3. The summed E-state index contributed by atoms with van der Waals surface area (Å²) in [5, 5.41) is 0. The molecule has 0 aromatic rings. The number of rotatable bonds is 52. The SMILES string of the molecule is CCCC/C=C\CCCCCCCC(=O)OCC(COC(=O)CCCCCCCCCCCCCCCCCCCCCC)OC(=O)CCCCCCC/C=C\C/C=C\CCCCCC. The molecule has 0 aromatic heterocycles. The second-order valence-corrected chi connectivity index (χ2v) is 19.2. The van der Waals surface area contributed by atoms with Crippen LogP contribution in [0.3, 0.4) is 0 Å². The first-order chi connectivity index (χ1) is 32.0. The quantitative estimate of drug-likeness (QED) is 0.0262. The van der Waals surface area contributed by atoms with Gasteiger partial charge in [-0.1, -0.05) is 250 Å². The zero-order chi connectivity index (χ0) is 47.2. The summed E-state index contributed by atoms with van der Waals surface area (Å²) in [5.41, 5.74) is 0. The van der Waals surface area contributed by atoms with Gasteiger partial charge in [-0.2, -0.15) is 0 Å². The molecule has 0 radical (unpaired) electrons. The van der Waals surface area contributed by atoms with Crippen molar-refractivity contribution < 1.29 is 28.6 Å². The molecule has 65 heavy (non-hydrogen) atoms. The van der Waals surface area contributed by atoms with Crippen molar-refractivity contribution in [3.05, 3.63) is 36.5 Å². The molecule has 380 valence electrons. The summed E-state index contributed by atoms with van der Waals surface area (Å²) in [4.78, 5) is 38.1. The summed E-state index contributed by atoms with van der Waals surface area (Å²) in [5.74, 6) is -0.886. The average Bonchev–Trinajstić information content (AvgIpc) is 3.30. The second-order valence-electron chi connectivity index (χ2n) is 19.2. The van der Waals surface area contributed by atoms with Crippen LogP contribution in [0.25, 0.3) is 0 Å². The first-order valence-corrected chi connectivity index (χ1v) is 28.5. The van der Waals surface area contributed by atoms with Gasteiger partial charge in [0.1, 0.15) is 13.2 Å². The first kappa shape index (κ1) is 62.6. The monoisotopic (exact) mass is 913 g/mol. The van der Waals surface area contributed by atoms with Crippen molar-refractivity contribution in [2.45, 2.75) is 309 Å². The summed E-state index contributed by atoms with van der Waals surface area (Å²) in [6, 6.07) is 0. The third kappa shape index (κ3) is 52.5. The minimum absolute atomic E-state index is 0.0772. The van der Waals surface area contributed by atoms with Gasteiger partial charge in [-0.25, -0.2) is 0 Å². The van der Waals surface area contributed by atoms with Gasteiger partial charge >= 0.3 is 17.9 Å². The van der Waals surface area contributed by atoms with E-state index in [1.807, 2.05) is 0 Å². The first-order valence-electron chi connectivity index (χ1n) is 28.5. The van der Waals surface area contributed by atoms with Gasteiger partial charge in [0.2, 0.25) is 0 Å². The molecule has 0 aliphatic carbocycles. The number of esters is 3. The van der Waals surface area contributed by atoms with Crippen molar-refractivity contribution >= 4 is 17.9 Å². The minimum Gasteiger partial charge on any atom is -0.462 e. The summed E-state index contributed by atoms with van der Waals surface area (Å²) in [7, 11) is 0. The van der Waals surface area contributed by atoms with Crippen molar-refractivity contribution in [2.75, 3.05) is 13.2 Å². The molecule has 1 atom stereocenters. The molecule has 0 aliphatic heterocycles. The van der Waals surface area contributed by atoms with Crippen molar-refractivity contribution in [3.8, 4) is 0 Å². The van der Waals surface area contributed by atoms with Crippen LogP contribution in [-0.2, 0) is 28.6 Å². The van der Waals surface area contributed by atoms with Crippen molar-refractivity contribution in [3.63, 3.8) is 0 Å². The Morgan fingerprint density at radius 1 is 0.308 bits per heavy atom. The van der Waals surface area contributed by atoms with Gasteiger partial charge in [0.15, 0.2) is 6.10 Å². The molecular formula is C59H108O6. The topological polar surface area (TPSA) is 78.9 Å². The number of carbonyl (C=O) groups is 3. The van der Waals surface area contributed by atoms with E-state index in [0.29, 0.717) is 19.3 Å². The highest BCUT2D eigenvalue weighted by atomic mass is 16.6. The number of hydrogen-bond donors (Lipinski definition) is 0. The largest absolute Gasteiger partial charge is 0.462 e. The maximum atomic E-state index is 12.8.